The molecule has 0 saturated carbocycles. The SMILES string of the molecule is Cc1ccc(C(=O)O)cc1NC(=O)c1ccccc1Br. The zero-order valence-corrected chi connectivity index (χ0v) is 12.3. The number of carboxylic acids is 1. The fourth-order valence-electron chi connectivity index (χ4n) is 1.72. The van der Waals surface area contributed by atoms with E-state index in [1.165, 1.54) is 12.1 Å². The fraction of sp³-hybridized carbons (Fsp3) is 0.0667. The van der Waals surface area contributed by atoms with Crippen LogP contribution in [0.1, 0.15) is 26.3 Å². The zero-order chi connectivity index (χ0) is 14.7. The van der Waals surface area contributed by atoms with E-state index in [-0.39, 0.29) is 11.5 Å². The summed E-state index contributed by atoms with van der Waals surface area (Å²) in [6.45, 7) is 1.81. The van der Waals surface area contributed by atoms with Crippen molar-refractivity contribution >= 4 is 33.5 Å². The minimum atomic E-state index is -1.03. The molecule has 2 N–H and O–H groups in total. The predicted molar refractivity (Wildman–Crippen MR) is 80.2 cm³/mol. The summed E-state index contributed by atoms with van der Waals surface area (Å²) in [6, 6.07) is 11.7. The standard InChI is InChI=1S/C15H12BrNO3/c1-9-6-7-10(15(19)20)8-13(9)17-14(18)11-4-2-3-5-12(11)16/h2-8H,1H3,(H,17,18)(H,19,20). The van der Waals surface area contributed by atoms with E-state index in [1.54, 1.807) is 31.2 Å². The lowest BCUT2D eigenvalue weighted by molar-refractivity contribution is 0.0696. The molecule has 2 aromatic rings. The number of carbonyl (C=O) groups excluding carboxylic acids is 1. The van der Waals surface area contributed by atoms with Crippen molar-refractivity contribution in [2.75, 3.05) is 5.32 Å². The molecule has 0 atom stereocenters. The van der Waals surface area contributed by atoms with Crippen LogP contribution in [0, 0.1) is 6.92 Å². The quantitative estimate of drug-likeness (QED) is 0.899. The van der Waals surface area contributed by atoms with Crippen LogP contribution in [0.25, 0.3) is 0 Å². The highest BCUT2D eigenvalue weighted by Crippen LogP contribution is 2.21. The Morgan fingerprint density at radius 3 is 2.50 bits per heavy atom. The summed E-state index contributed by atoms with van der Waals surface area (Å²) in [5.74, 6) is -1.32. The fourth-order valence-corrected chi connectivity index (χ4v) is 2.19. The predicted octanol–water partition coefficient (Wildman–Crippen LogP) is 3.71. The van der Waals surface area contributed by atoms with Gasteiger partial charge in [0, 0.05) is 10.2 Å². The van der Waals surface area contributed by atoms with E-state index in [0.717, 1.165) is 5.56 Å². The van der Waals surface area contributed by atoms with E-state index in [1.807, 2.05) is 6.07 Å². The molecule has 0 unspecified atom stereocenters. The number of aryl methyl sites for hydroxylation is 1. The number of anilines is 1. The lowest BCUT2D eigenvalue weighted by Gasteiger charge is -2.10. The van der Waals surface area contributed by atoms with Gasteiger partial charge in [0.25, 0.3) is 5.91 Å². The summed E-state index contributed by atoms with van der Waals surface area (Å²) >= 11 is 3.31. The van der Waals surface area contributed by atoms with Crippen LogP contribution in [-0.2, 0) is 0 Å². The highest BCUT2D eigenvalue weighted by Gasteiger charge is 2.12. The third-order valence-corrected chi connectivity index (χ3v) is 3.54. The summed E-state index contributed by atoms with van der Waals surface area (Å²) < 4.78 is 0.685. The van der Waals surface area contributed by atoms with Gasteiger partial charge in [0.15, 0.2) is 0 Å². The van der Waals surface area contributed by atoms with E-state index >= 15 is 0 Å². The van der Waals surface area contributed by atoms with Gasteiger partial charge in [0.1, 0.15) is 0 Å². The molecule has 0 bridgehead atoms. The first-order chi connectivity index (χ1) is 9.49. The monoisotopic (exact) mass is 333 g/mol. The maximum absolute atomic E-state index is 12.2. The minimum Gasteiger partial charge on any atom is -0.478 e. The Morgan fingerprint density at radius 2 is 1.85 bits per heavy atom. The van der Waals surface area contributed by atoms with Gasteiger partial charge in [-0.25, -0.2) is 4.79 Å². The largest absolute Gasteiger partial charge is 0.478 e. The maximum atomic E-state index is 12.2. The molecule has 2 rings (SSSR count). The van der Waals surface area contributed by atoms with Crippen molar-refractivity contribution in [3.63, 3.8) is 0 Å². The number of rotatable bonds is 3. The lowest BCUT2D eigenvalue weighted by atomic mass is 10.1. The molecule has 4 nitrogen and oxygen atoms in total. The van der Waals surface area contributed by atoms with Gasteiger partial charge in [-0.3, -0.25) is 4.79 Å². The van der Waals surface area contributed by atoms with Crippen LogP contribution in [0.2, 0.25) is 0 Å². The second kappa shape index (κ2) is 5.88. The first-order valence-electron chi connectivity index (χ1n) is 5.89. The summed E-state index contributed by atoms with van der Waals surface area (Å²) in [5, 5.41) is 11.7. The van der Waals surface area contributed by atoms with Gasteiger partial charge >= 0.3 is 5.97 Å². The smallest absolute Gasteiger partial charge is 0.335 e. The Hall–Kier alpha value is -2.14. The highest BCUT2D eigenvalue weighted by atomic mass is 79.9. The van der Waals surface area contributed by atoms with Crippen molar-refractivity contribution < 1.29 is 14.7 Å². The van der Waals surface area contributed by atoms with Crippen LogP contribution in [-0.4, -0.2) is 17.0 Å². The number of hydrogen-bond donors (Lipinski definition) is 2. The summed E-state index contributed by atoms with van der Waals surface area (Å²) in [7, 11) is 0. The summed E-state index contributed by atoms with van der Waals surface area (Å²) in [5.41, 5.74) is 1.92. The molecule has 0 fully saturated rings. The molecular weight excluding hydrogens is 322 g/mol. The van der Waals surface area contributed by atoms with E-state index in [0.29, 0.717) is 15.7 Å². The Balaban J connectivity index is 2.30. The Kier molecular flexibility index (Phi) is 4.20. The lowest BCUT2D eigenvalue weighted by Crippen LogP contribution is -2.14. The van der Waals surface area contributed by atoms with Crippen molar-refractivity contribution in [1.29, 1.82) is 0 Å². The molecule has 0 aliphatic heterocycles. The maximum Gasteiger partial charge on any atom is 0.335 e. The number of benzene rings is 2. The van der Waals surface area contributed by atoms with Crippen molar-refractivity contribution in [1.82, 2.24) is 0 Å². The van der Waals surface area contributed by atoms with E-state index in [2.05, 4.69) is 21.2 Å². The van der Waals surface area contributed by atoms with Crippen LogP contribution in [0.5, 0.6) is 0 Å². The van der Waals surface area contributed by atoms with E-state index < -0.39 is 5.97 Å². The molecule has 102 valence electrons. The van der Waals surface area contributed by atoms with Gasteiger partial charge in [0.05, 0.1) is 11.1 Å². The molecule has 0 aliphatic rings. The van der Waals surface area contributed by atoms with Gasteiger partial charge in [-0.2, -0.15) is 0 Å². The molecule has 0 spiro atoms. The van der Waals surface area contributed by atoms with Gasteiger partial charge in [-0.05, 0) is 52.7 Å². The molecule has 0 aliphatic carbocycles. The summed E-state index contributed by atoms with van der Waals surface area (Å²) in [4.78, 5) is 23.1. The van der Waals surface area contributed by atoms with Crippen LogP contribution in [0.4, 0.5) is 5.69 Å². The zero-order valence-electron chi connectivity index (χ0n) is 10.7. The topological polar surface area (TPSA) is 66.4 Å². The third-order valence-electron chi connectivity index (χ3n) is 2.85. The molecule has 0 radical (unpaired) electrons. The van der Waals surface area contributed by atoms with Gasteiger partial charge in [-0.15, -0.1) is 0 Å². The van der Waals surface area contributed by atoms with E-state index in [4.69, 9.17) is 5.11 Å². The second-order valence-electron chi connectivity index (χ2n) is 4.27. The molecule has 0 heterocycles. The summed E-state index contributed by atoms with van der Waals surface area (Å²) in [6.07, 6.45) is 0. The average Bonchev–Trinajstić information content (AvgIpc) is 2.41. The van der Waals surface area contributed by atoms with Crippen LogP contribution < -0.4 is 5.32 Å². The first-order valence-corrected chi connectivity index (χ1v) is 6.68. The first kappa shape index (κ1) is 14.3. The number of carboxylic acid groups (broad SMARTS) is 1. The Labute approximate surface area is 124 Å². The van der Waals surface area contributed by atoms with Crippen LogP contribution in [0.3, 0.4) is 0 Å². The van der Waals surface area contributed by atoms with Gasteiger partial charge in [0.2, 0.25) is 0 Å². The van der Waals surface area contributed by atoms with Gasteiger partial charge in [-0.1, -0.05) is 18.2 Å². The number of aromatic carboxylic acids is 1. The second-order valence-corrected chi connectivity index (χ2v) is 5.12. The van der Waals surface area contributed by atoms with Crippen molar-refractivity contribution in [3.05, 3.63) is 63.6 Å². The molecule has 5 heteroatoms. The average molecular weight is 334 g/mol. The van der Waals surface area contributed by atoms with Gasteiger partial charge < -0.3 is 10.4 Å². The van der Waals surface area contributed by atoms with Crippen LogP contribution in [0.15, 0.2) is 46.9 Å². The minimum absolute atomic E-state index is 0.137. The van der Waals surface area contributed by atoms with Crippen LogP contribution >= 0.6 is 15.9 Å². The number of amides is 1. The molecule has 2 aromatic carbocycles. The van der Waals surface area contributed by atoms with E-state index in [9.17, 15) is 9.59 Å². The molecular formula is C15H12BrNO3. The highest BCUT2D eigenvalue weighted by molar-refractivity contribution is 9.10. The molecule has 0 aromatic heterocycles. The Morgan fingerprint density at radius 1 is 1.15 bits per heavy atom. The Bertz CT molecular complexity index is 683. The van der Waals surface area contributed by atoms with Crippen molar-refractivity contribution in [2.24, 2.45) is 0 Å². The number of halogens is 1. The normalized spacial score (nSPS) is 10.1. The third kappa shape index (κ3) is 3.05. The van der Waals surface area contributed by atoms with Crippen molar-refractivity contribution in [3.8, 4) is 0 Å². The molecule has 0 saturated heterocycles. The molecule has 20 heavy (non-hydrogen) atoms. The number of nitrogens with one attached hydrogen (secondary N) is 1. The molecule has 1 amide bonds. The number of hydrogen-bond acceptors (Lipinski definition) is 2. The number of carbonyl (C=O) groups is 2. The van der Waals surface area contributed by atoms with Crippen molar-refractivity contribution in [2.45, 2.75) is 6.92 Å².